The van der Waals surface area contributed by atoms with Crippen molar-refractivity contribution in [3.63, 3.8) is 0 Å². The van der Waals surface area contributed by atoms with Crippen molar-refractivity contribution in [1.29, 1.82) is 0 Å². The van der Waals surface area contributed by atoms with Crippen molar-refractivity contribution in [3.8, 4) is 11.3 Å². The molecule has 0 unspecified atom stereocenters. The number of benzene rings is 1. The monoisotopic (exact) mass is 240 g/mol. The number of H-pyrrole nitrogens is 1. The number of aromatic nitrogens is 2. The van der Waals surface area contributed by atoms with Crippen LogP contribution >= 0.6 is 23.2 Å². The fourth-order valence-corrected chi connectivity index (χ4v) is 1.50. The van der Waals surface area contributed by atoms with Gasteiger partial charge in [0.1, 0.15) is 0 Å². The largest absolute Gasteiger partial charge is 0.345 e. The minimum atomic E-state index is -0.390. The van der Waals surface area contributed by atoms with E-state index < -0.39 is 5.69 Å². The maximum Gasteiger partial charge on any atom is 0.345 e. The Morgan fingerprint density at radius 2 is 1.93 bits per heavy atom. The molecule has 0 spiro atoms. The Hall–Kier alpha value is -1.32. The van der Waals surface area contributed by atoms with E-state index in [0.717, 1.165) is 5.56 Å². The van der Waals surface area contributed by atoms with E-state index >= 15 is 0 Å². The Labute approximate surface area is 95.7 Å². The molecule has 15 heavy (non-hydrogen) atoms. The predicted molar refractivity (Wildman–Crippen MR) is 60.3 cm³/mol. The molecule has 0 saturated heterocycles. The van der Waals surface area contributed by atoms with Crippen LogP contribution in [0, 0.1) is 0 Å². The molecule has 2 aromatic rings. The van der Waals surface area contributed by atoms with Crippen molar-refractivity contribution >= 4 is 23.2 Å². The highest BCUT2D eigenvalue weighted by Gasteiger charge is 2.02. The molecule has 0 radical (unpaired) electrons. The van der Waals surface area contributed by atoms with Gasteiger partial charge in [-0.1, -0.05) is 29.3 Å². The molecule has 0 aliphatic heterocycles. The maximum absolute atomic E-state index is 11.0. The Balaban J connectivity index is 2.55. The van der Waals surface area contributed by atoms with Crippen LogP contribution in [0.2, 0.25) is 10.0 Å². The summed E-state index contributed by atoms with van der Waals surface area (Å²) in [4.78, 5) is 17.1. The van der Waals surface area contributed by atoms with Crippen molar-refractivity contribution in [2.75, 3.05) is 0 Å². The molecule has 0 aliphatic rings. The van der Waals surface area contributed by atoms with Crippen LogP contribution in [0.15, 0.2) is 35.3 Å². The summed E-state index contributed by atoms with van der Waals surface area (Å²) in [6.07, 6.45) is 1.44. The van der Waals surface area contributed by atoms with Crippen molar-refractivity contribution < 1.29 is 0 Å². The molecule has 76 valence electrons. The van der Waals surface area contributed by atoms with E-state index in [1.165, 1.54) is 6.20 Å². The third kappa shape index (κ3) is 2.19. The van der Waals surface area contributed by atoms with Gasteiger partial charge in [0.15, 0.2) is 0 Å². The highest BCUT2D eigenvalue weighted by molar-refractivity contribution is 6.42. The zero-order valence-corrected chi connectivity index (χ0v) is 9.01. The summed E-state index contributed by atoms with van der Waals surface area (Å²) in [6.45, 7) is 0. The first-order valence-corrected chi connectivity index (χ1v) is 4.93. The second kappa shape index (κ2) is 4.04. The minimum absolute atomic E-state index is 0.390. The maximum atomic E-state index is 11.0. The van der Waals surface area contributed by atoms with Gasteiger partial charge in [0.2, 0.25) is 0 Å². The third-order valence-electron chi connectivity index (χ3n) is 1.91. The van der Waals surface area contributed by atoms with E-state index in [-0.39, 0.29) is 0 Å². The number of halogens is 2. The molecule has 0 aliphatic carbocycles. The molecule has 0 saturated carbocycles. The molecule has 1 aromatic carbocycles. The normalized spacial score (nSPS) is 10.3. The highest BCUT2D eigenvalue weighted by atomic mass is 35.5. The van der Waals surface area contributed by atoms with Gasteiger partial charge in [-0.3, -0.25) is 0 Å². The Morgan fingerprint density at radius 3 is 2.60 bits per heavy atom. The van der Waals surface area contributed by atoms with Crippen LogP contribution < -0.4 is 5.69 Å². The van der Waals surface area contributed by atoms with Gasteiger partial charge in [-0.2, -0.15) is 0 Å². The summed E-state index contributed by atoms with van der Waals surface area (Å²) in [5, 5.41) is 0.934. The fourth-order valence-electron chi connectivity index (χ4n) is 1.20. The molecule has 1 heterocycles. The summed E-state index contributed by atoms with van der Waals surface area (Å²) >= 11 is 11.6. The smallest absolute Gasteiger partial charge is 0.305 e. The lowest BCUT2D eigenvalue weighted by Gasteiger charge is -2.02. The van der Waals surface area contributed by atoms with Crippen molar-refractivity contribution in [2.24, 2.45) is 0 Å². The predicted octanol–water partition coefficient (Wildman–Crippen LogP) is 2.74. The molecule has 0 atom stereocenters. The molecule has 0 amide bonds. The Kier molecular flexibility index (Phi) is 2.75. The van der Waals surface area contributed by atoms with E-state index in [1.54, 1.807) is 24.3 Å². The van der Waals surface area contributed by atoms with Crippen LogP contribution in [0.4, 0.5) is 0 Å². The molecule has 3 nitrogen and oxygen atoms in total. The van der Waals surface area contributed by atoms with Gasteiger partial charge in [-0.05, 0) is 23.8 Å². The van der Waals surface area contributed by atoms with Crippen LogP contribution in [0.25, 0.3) is 11.3 Å². The molecule has 0 bridgehead atoms. The molecular weight excluding hydrogens is 235 g/mol. The SMILES string of the molecule is O=c1nccc(-c2ccc(Cl)c(Cl)c2)[nH]1. The quantitative estimate of drug-likeness (QED) is 0.834. The third-order valence-corrected chi connectivity index (χ3v) is 2.64. The van der Waals surface area contributed by atoms with Crippen LogP contribution in [0.5, 0.6) is 0 Å². The van der Waals surface area contributed by atoms with Gasteiger partial charge in [-0.25, -0.2) is 9.78 Å². The number of nitrogens with zero attached hydrogens (tertiary/aromatic N) is 1. The van der Waals surface area contributed by atoms with Crippen molar-refractivity contribution in [3.05, 3.63) is 51.0 Å². The summed E-state index contributed by atoms with van der Waals surface area (Å²) in [7, 11) is 0. The summed E-state index contributed by atoms with van der Waals surface area (Å²) in [5.74, 6) is 0. The fraction of sp³-hybridized carbons (Fsp3) is 0. The van der Waals surface area contributed by atoms with Gasteiger partial charge >= 0.3 is 5.69 Å². The lowest BCUT2D eigenvalue weighted by Crippen LogP contribution is -2.09. The Morgan fingerprint density at radius 1 is 1.13 bits per heavy atom. The summed E-state index contributed by atoms with van der Waals surface area (Å²) in [6, 6.07) is 6.84. The molecular formula is C10H6Cl2N2O. The second-order valence-electron chi connectivity index (χ2n) is 2.92. The number of hydrogen-bond acceptors (Lipinski definition) is 2. The molecule has 1 N–H and O–H groups in total. The van der Waals surface area contributed by atoms with E-state index in [9.17, 15) is 4.79 Å². The molecule has 0 fully saturated rings. The highest BCUT2D eigenvalue weighted by Crippen LogP contribution is 2.26. The van der Waals surface area contributed by atoms with E-state index in [0.29, 0.717) is 15.7 Å². The average molecular weight is 241 g/mol. The van der Waals surface area contributed by atoms with Gasteiger partial charge in [0.05, 0.1) is 15.7 Å². The number of nitrogens with one attached hydrogen (secondary N) is 1. The zero-order valence-electron chi connectivity index (χ0n) is 7.50. The van der Waals surface area contributed by atoms with Crippen LogP contribution in [-0.2, 0) is 0 Å². The van der Waals surface area contributed by atoms with E-state index in [1.807, 2.05) is 0 Å². The lowest BCUT2D eigenvalue weighted by atomic mass is 10.1. The topological polar surface area (TPSA) is 45.8 Å². The number of hydrogen-bond donors (Lipinski definition) is 1. The molecule has 5 heteroatoms. The lowest BCUT2D eigenvalue weighted by molar-refractivity contribution is 1.08. The number of aromatic amines is 1. The number of rotatable bonds is 1. The van der Waals surface area contributed by atoms with Gasteiger partial charge < -0.3 is 4.98 Å². The zero-order chi connectivity index (χ0) is 10.8. The summed E-state index contributed by atoms with van der Waals surface area (Å²) in [5.41, 5.74) is 1.07. The standard InChI is InChI=1S/C10H6Cl2N2O/c11-7-2-1-6(5-8(7)12)9-3-4-13-10(15)14-9/h1-5H,(H,13,14,15). The van der Waals surface area contributed by atoms with Gasteiger partial charge in [0, 0.05) is 6.20 Å². The molecule has 1 aromatic heterocycles. The second-order valence-corrected chi connectivity index (χ2v) is 3.73. The molecule has 2 rings (SSSR count). The Bertz CT molecular complexity index is 551. The van der Waals surface area contributed by atoms with Crippen LogP contribution in [0.3, 0.4) is 0 Å². The van der Waals surface area contributed by atoms with E-state index in [2.05, 4.69) is 9.97 Å². The first kappa shape index (κ1) is 10.2. The van der Waals surface area contributed by atoms with Crippen molar-refractivity contribution in [1.82, 2.24) is 9.97 Å². The van der Waals surface area contributed by atoms with Crippen LogP contribution in [0.1, 0.15) is 0 Å². The van der Waals surface area contributed by atoms with Crippen molar-refractivity contribution in [2.45, 2.75) is 0 Å². The van der Waals surface area contributed by atoms with E-state index in [4.69, 9.17) is 23.2 Å². The van der Waals surface area contributed by atoms with Gasteiger partial charge in [0.25, 0.3) is 0 Å². The van der Waals surface area contributed by atoms with Crippen LogP contribution in [-0.4, -0.2) is 9.97 Å². The first-order chi connectivity index (χ1) is 7.16. The first-order valence-electron chi connectivity index (χ1n) is 4.17. The average Bonchev–Trinajstić information content (AvgIpc) is 2.22. The van der Waals surface area contributed by atoms with Gasteiger partial charge in [-0.15, -0.1) is 0 Å². The summed E-state index contributed by atoms with van der Waals surface area (Å²) < 4.78 is 0. The minimum Gasteiger partial charge on any atom is -0.305 e.